The van der Waals surface area contributed by atoms with Crippen LogP contribution in [0.3, 0.4) is 0 Å². The molecule has 3 saturated carbocycles. The van der Waals surface area contributed by atoms with E-state index in [9.17, 15) is 45.3 Å². The first-order valence-electron chi connectivity index (χ1n) is 19.1. The Kier molecular flexibility index (Phi) is 11.9. The smallest absolute Gasteiger partial charge is 0.186 e. The first-order valence-corrected chi connectivity index (χ1v) is 19.1. The lowest BCUT2D eigenvalue weighted by molar-refractivity contribution is -0.303. The van der Waals surface area contributed by atoms with Crippen molar-refractivity contribution in [2.24, 2.45) is 46.3 Å². The van der Waals surface area contributed by atoms with Gasteiger partial charge in [-0.2, -0.15) is 0 Å². The summed E-state index contributed by atoms with van der Waals surface area (Å²) >= 11 is 0. The molecule has 2 aliphatic heterocycles. The largest absolute Gasteiger partial charge is 0.394 e. The van der Waals surface area contributed by atoms with Gasteiger partial charge in [0.15, 0.2) is 12.6 Å². The fraction of sp³-hybridized carbons (Fsp3) is 0.895. The third-order valence-corrected chi connectivity index (χ3v) is 14.0. The van der Waals surface area contributed by atoms with Gasteiger partial charge >= 0.3 is 0 Å². The highest BCUT2D eigenvalue weighted by atomic mass is 16.7. The summed E-state index contributed by atoms with van der Waals surface area (Å²) in [6.45, 7) is 7.92. The second-order valence-electron chi connectivity index (χ2n) is 17.1. The molecule has 7 N–H and O–H groups in total. The molecular weight excluding hydrogens is 664 g/mol. The molecule has 6 rings (SSSR count). The Morgan fingerprint density at radius 3 is 2.39 bits per heavy atom. The van der Waals surface area contributed by atoms with Gasteiger partial charge in [0.25, 0.3) is 0 Å². The van der Waals surface area contributed by atoms with E-state index in [1.165, 1.54) is 5.57 Å². The number of ketones is 2. The van der Waals surface area contributed by atoms with Crippen LogP contribution in [0.15, 0.2) is 11.6 Å². The molecule has 0 bridgehead atoms. The number of hydrogen-bond donors (Lipinski definition) is 7. The monoisotopic (exact) mass is 724 g/mol. The zero-order valence-electron chi connectivity index (χ0n) is 30.4. The Morgan fingerprint density at radius 2 is 1.67 bits per heavy atom. The van der Waals surface area contributed by atoms with Crippen molar-refractivity contribution < 1.29 is 64.3 Å². The van der Waals surface area contributed by atoms with Gasteiger partial charge in [-0.1, -0.05) is 39.3 Å². The second kappa shape index (κ2) is 15.4. The summed E-state index contributed by atoms with van der Waals surface area (Å²) in [4.78, 5) is 27.5. The molecule has 0 radical (unpaired) electrons. The molecule has 13 nitrogen and oxygen atoms in total. The van der Waals surface area contributed by atoms with Crippen LogP contribution in [-0.2, 0) is 28.5 Å². The predicted octanol–water partition coefficient (Wildman–Crippen LogP) is 1.01. The summed E-state index contributed by atoms with van der Waals surface area (Å²) < 4.78 is 22.8. The van der Waals surface area contributed by atoms with Crippen molar-refractivity contribution in [1.82, 2.24) is 0 Å². The second-order valence-corrected chi connectivity index (χ2v) is 17.1. The zero-order valence-corrected chi connectivity index (χ0v) is 30.4. The molecule has 0 aromatic rings. The molecule has 0 aromatic heterocycles. The number of aliphatic hydroxyl groups excluding tert-OH is 7. The molecule has 0 unspecified atom stereocenters. The van der Waals surface area contributed by atoms with E-state index in [4.69, 9.17) is 18.9 Å². The van der Waals surface area contributed by atoms with Gasteiger partial charge in [-0.25, -0.2) is 0 Å². The molecule has 2 saturated heterocycles. The van der Waals surface area contributed by atoms with Crippen molar-refractivity contribution in [3.8, 4) is 0 Å². The Labute approximate surface area is 300 Å². The van der Waals surface area contributed by atoms with Gasteiger partial charge in [-0.3, -0.25) is 9.59 Å². The van der Waals surface area contributed by atoms with Gasteiger partial charge in [0.2, 0.25) is 0 Å². The number of carbonyl (C=O) groups is 2. The summed E-state index contributed by atoms with van der Waals surface area (Å²) in [7, 11) is 0. The van der Waals surface area contributed by atoms with E-state index in [0.717, 1.165) is 32.1 Å². The fourth-order valence-corrected chi connectivity index (χ4v) is 10.9. The number of fused-ring (bicyclic) bond motifs is 5. The molecule has 0 amide bonds. The molecule has 0 aromatic carbocycles. The Hall–Kier alpha value is -1.36. The van der Waals surface area contributed by atoms with Crippen LogP contribution >= 0.6 is 0 Å². The first kappa shape index (κ1) is 39.3. The molecule has 4 aliphatic carbocycles. The molecule has 2 heterocycles. The minimum atomic E-state index is -1.52. The minimum Gasteiger partial charge on any atom is -0.394 e. The Balaban J connectivity index is 1.03. The molecular formula is C38H60O13. The van der Waals surface area contributed by atoms with E-state index in [0.29, 0.717) is 31.1 Å². The molecule has 13 heteroatoms. The van der Waals surface area contributed by atoms with Crippen molar-refractivity contribution in [1.29, 1.82) is 0 Å². The van der Waals surface area contributed by atoms with Gasteiger partial charge < -0.3 is 54.7 Å². The number of ether oxygens (including phenoxy) is 4. The number of rotatable bonds is 11. The van der Waals surface area contributed by atoms with Crippen LogP contribution < -0.4 is 0 Å². The van der Waals surface area contributed by atoms with Crippen molar-refractivity contribution in [2.75, 3.05) is 19.8 Å². The lowest BCUT2D eigenvalue weighted by Gasteiger charge is -2.58. The van der Waals surface area contributed by atoms with Gasteiger partial charge in [-0.15, -0.1) is 0 Å². The maximum Gasteiger partial charge on any atom is 0.186 e. The number of Topliss-reactive ketones (excluding diaryl/α,β-unsaturated/α-hetero) is 2. The van der Waals surface area contributed by atoms with E-state index in [2.05, 4.69) is 19.9 Å². The van der Waals surface area contributed by atoms with Crippen molar-refractivity contribution in [3.05, 3.63) is 11.6 Å². The van der Waals surface area contributed by atoms with E-state index in [1.807, 2.05) is 13.8 Å². The molecule has 51 heavy (non-hydrogen) atoms. The molecule has 18 atom stereocenters. The topological polar surface area (TPSA) is 213 Å². The standard InChI is InChI=1S/C38H60O13/c1-18(16-48-36-34(47)32(45)31(44)28(15-39)51-36)5-8-25(40)19(2)29-26(41)14-24-22-7-6-20-13-21(50-35-33(46)30(43)27(42)17-49-35)9-11-37(20,3)23(22)10-12-38(24,29)4/h6,18-19,21-24,27-36,39,42-47H,5,7-17H2,1-4H3/t18-,19-,21+,22-,23+,24+,27-,28-,29+,30+,31-,32+,33-,34-,35+,36-,37+,38+/m1/s1. The average molecular weight is 725 g/mol. The van der Waals surface area contributed by atoms with Gasteiger partial charge in [0.05, 0.1) is 25.9 Å². The van der Waals surface area contributed by atoms with Gasteiger partial charge in [0, 0.05) is 24.7 Å². The van der Waals surface area contributed by atoms with E-state index in [1.54, 1.807) is 0 Å². The first-order chi connectivity index (χ1) is 24.1. The van der Waals surface area contributed by atoms with Gasteiger partial charge in [0.1, 0.15) is 54.3 Å². The normalized spacial score (nSPS) is 48.2. The van der Waals surface area contributed by atoms with Crippen molar-refractivity contribution in [3.63, 3.8) is 0 Å². The maximum atomic E-state index is 13.8. The zero-order chi connectivity index (χ0) is 37.0. The highest BCUT2D eigenvalue weighted by molar-refractivity contribution is 5.92. The van der Waals surface area contributed by atoms with Gasteiger partial charge in [-0.05, 0) is 79.4 Å². The highest BCUT2D eigenvalue weighted by Crippen LogP contribution is 2.66. The summed E-state index contributed by atoms with van der Waals surface area (Å²) in [6, 6.07) is 0. The Bertz CT molecular complexity index is 1290. The van der Waals surface area contributed by atoms with Crippen LogP contribution in [0.25, 0.3) is 0 Å². The van der Waals surface area contributed by atoms with E-state index >= 15 is 0 Å². The lowest BCUT2D eigenvalue weighted by Crippen LogP contribution is -2.59. The molecule has 290 valence electrons. The molecule has 6 aliphatic rings. The van der Waals surface area contributed by atoms with Crippen LogP contribution in [0.5, 0.6) is 0 Å². The number of allylic oxidation sites excluding steroid dienone is 1. The number of carbonyl (C=O) groups excluding carboxylic acids is 2. The SMILES string of the molecule is C[C@H](CCC(=O)[C@@H](C)[C@H]1C(=O)C[C@H]2[C@@H]3CC=C4C[C@@H](O[C@@H]5OC[C@@H](O)[C@H](O)[C@H]5O)CC[C@]4(C)[C@H]3CC[C@]12C)CO[C@@H]1O[C@H](CO)[C@@H](O)[C@H](O)[C@H]1O. The highest BCUT2D eigenvalue weighted by Gasteiger charge is 2.62. The quantitative estimate of drug-likeness (QED) is 0.149. The maximum absolute atomic E-state index is 13.8. The average Bonchev–Trinajstić information content (AvgIpc) is 3.38. The minimum absolute atomic E-state index is 0.0256. The van der Waals surface area contributed by atoms with Crippen LogP contribution in [0.4, 0.5) is 0 Å². The summed E-state index contributed by atoms with van der Waals surface area (Å²) in [6.07, 6.45) is -2.82. The summed E-state index contributed by atoms with van der Waals surface area (Å²) in [5.74, 6) is 0.416. The summed E-state index contributed by atoms with van der Waals surface area (Å²) in [5, 5.41) is 70.0. The van der Waals surface area contributed by atoms with Crippen LogP contribution in [-0.4, -0.2) is 129 Å². The number of aliphatic hydroxyl groups is 7. The third kappa shape index (κ3) is 7.27. The van der Waals surface area contributed by atoms with Crippen molar-refractivity contribution >= 4 is 11.6 Å². The molecule has 5 fully saturated rings. The Morgan fingerprint density at radius 1 is 0.941 bits per heavy atom. The molecule has 0 spiro atoms. The predicted molar refractivity (Wildman–Crippen MR) is 181 cm³/mol. The van der Waals surface area contributed by atoms with Crippen molar-refractivity contribution in [2.45, 2.75) is 147 Å². The van der Waals surface area contributed by atoms with Crippen LogP contribution in [0.1, 0.15) is 85.5 Å². The third-order valence-electron chi connectivity index (χ3n) is 14.0. The van der Waals surface area contributed by atoms with E-state index in [-0.39, 0.29) is 65.9 Å². The summed E-state index contributed by atoms with van der Waals surface area (Å²) in [5.41, 5.74) is 1.07. The lowest BCUT2D eigenvalue weighted by atomic mass is 9.47. The van der Waals surface area contributed by atoms with Crippen LogP contribution in [0, 0.1) is 46.3 Å². The fourth-order valence-electron chi connectivity index (χ4n) is 10.9. The van der Waals surface area contributed by atoms with E-state index < -0.39 is 67.8 Å². The number of hydrogen-bond acceptors (Lipinski definition) is 13. The van der Waals surface area contributed by atoms with Crippen LogP contribution in [0.2, 0.25) is 0 Å².